The lowest BCUT2D eigenvalue weighted by molar-refractivity contribution is 0.385. The van der Waals surface area contributed by atoms with E-state index in [1.54, 1.807) is 6.07 Å². The highest BCUT2D eigenvalue weighted by molar-refractivity contribution is 9.10. The summed E-state index contributed by atoms with van der Waals surface area (Å²) < 4.78 is 18.9. The van der Waals surface area contributed by atoms with E-state index in [0.29, 0.717) is 33.9 Å². The van der Waals surface area contributed by atoms with E-state index in [1.165, 1.54) is 12.1 Å². The molecular formula is C15H11BrFN3O. The number of hydrogen-bond acceptors (Lipinski definition) is 4. The molecule has 0 aliphatic carbocycles. The van der Waals surface area contributed by atoms with Crippen LogP contribution < -0.4 is 5.73 Å². The van der Waals surface area contributed by atoms with Gasteiger partial charge < -0.3 is 10.3 Å². The quantitative estimate of drug-likeness (QED) is 0.731. The summed E-state index contributed by atoms with van der Waals surface area (Å²) in [6, 6.07) is 11.8. The number of benzene rings is 2. The van der Waals surface area contributed by atoms with Crippen LogP contribution in [0.5, 0.6) is 0 Å². The zero-order chi connectivity index (χ0) is 14.8. The molecule has 0 aliphatic heterocycles. The molecule has 6 heteroatoms. The summed E-state index contributed by atoms with van der Waals surface area (Å²) in [7, 11) is 0. The maximum atomic E-state index is 13.1. The van der Waals surface area contributed by atoms with Gasteiger partial charge in [0.2, 0.25) is 11.7 Å². The Kier molecular flexibility index (Phi) is 3.70. The van der Waals surface area contributed by atoms with Crippen LogP contribution in [-0.2, 0) is 6.42 Å². The van der Waals surface area contributed by atoms with Crippen molar-refractivity contribution in [2.75, 3.05) is 5.73 Å². The molecule has 0 fully saturated rings. The molecule has 0 saturated carbocycles. The topological polar surface area (TPSA) is 64.9 Å². The van der Waals surface area contributed by atoms with Crippen LogP contribution in [0.15, 0.2) is 51.5 Å². The van der Waals surface area contributed by atoms with Gasteiger partial charge in [0, 0.05) is 15.7 Å². The summed E-state index contributed by atoms with van der Waals surface area (Å²) in [5.74, 6) is 0.571. The molecule has 2 aromatic carbocycles. The molecule has 0 radical (unpaired) electrons. The Morgan fingerprint density at radius 1 is 1.19 bits per heavy atom. The van der Waals surface area contributed by atoms with Crippen molar-refractivity contribution in [3.8, 4) is 11.4 Å². The first kappa shape index (κ1) is 13.8. The van der Waals surface area contributed by atoms with Gasteiger partial charge in [0.15, 0.2) is 0 Å². The monoisotopic (exact) mass is 347 g/mol. The highest BCUT2D eigenvalue weighted by Gasteiger charge is 2.12. The molecule has 1 heterocycles. The number of aromatic nitrogens is 2. The second-order valence-electron chi connectivity index (χ2n) is 4.56. The fourth-order valence-corrected chi connectivity index (χ4v) is 2.51. The Morgan fingerprint density at radius 2 is 2.05 bits per heavy atom. The normalized spacial score (nSPS) is 10.8. The van der Waals surface area contributed by atoms with E-state index in [9.17, 15) is 4.39 Å². The van der Waals surface area contributed by atoms with E-state index in [2.05, 4.69) is 26.1 Å². The van der Waals surface area contributed by atoms with Crippen molar-refractivity contribution < 1.29 is 8.91 Å². The van der Waals surface area contributed by atoms with Gasteiger partial charge in [-0.1, -0.05) is 17.3 Å². The van der Waals surface area contributed by atoms with Crippen LogP contribution in [0, 0.1) is 5.82 Å². The molecule has 3 aromatic rings. The summed E-state index contributed by atoms with van der Waals surface area (Å²) in [5.41, 5.74) is 8.09. The molecule has 0 saturated heterocycles. The minimum Gasteiger partial charge on any atom is -0.399 e. The highest BCUT2D eigenvalue weighted by atomic mass is 79.9. The first-order valence-electron chi connectivity index (χ1n) is 6.24. The Morgan fingerprint density at radius 3 is 2.81 bits per heavy atom. The van der Waals surface area contributed by atoms with Crippen molar-refractivity contribution in [3.63, 3.8) is 0 Å². The van der Waals surface area contributed by atoms with Crippen molar-refractivity contribution in [2.24, 2.45) is 0 Å². The van der Waals surface area contributed by atoms with Gasteiger partial charge in [-0.2, -0.15) is 4.98 Å². The van der Waals surface area contributed by atoms with Crippen LogP contribution in [0.4, 0.5) is 10.1 Å². The summed E-state index contributed by atoms with van der Waals surface area (Å²) in [6.07, 6.45) is 0.497. The average molecular weight is 348 g/mol. The summed E-state index contributed by atoms with van der Waals surface area (Å²) in [6.45, 7) is 0. The van der Waals surface area contributed by atoms with Gasteiger partial charge in [0.25, 0.3) is 0 Å². The Hall–Kier alpha value is -2.21. The SMILES string of the molecule is Nc1cccc(Cc2nc(-c3ccc(F)cc3Br)no2)c1. The van der Waals surface area contributed by atoms with Crippen LogP contribution >= 0.6 is 15.9 Å². The van der Waals surface area contributed by atoms with E-state index in [4.69, 9.17) is 10.3 Å². The molecule has 2 N–H and O–H groups in total. The first-order valence-corrected chi connectivity index (χ1v) is 7.03. The van der Waals surface area contributed by atoms with Gasteiger partial charge in [0.05, 0.1) is 6.42 Å². The number of hydrogen-bond donors (Lipinski definition) is 1. The summed E-state index contributed by atoms with van der Waals surface area (Å²) in [5, 5.41) is 3.93. The van der Waals surface area contributed by atoms with Gasteiger partial charge in [-0.25, -0.2) is 4.39 Å². The molecule has 1 aromatic heterocycles. The van der Waals surface area contributed by atoms with Gasteiger partial charge in [0.1, 0.15) is 5.82 Å². The lowest BCUT2D eigenvalue weighted by Gasteiger charge is -1.99. The maximum absolute atomic E-state index is 13.1. The largest absolute Gasteiger partial charge is 0.399 e. The molecule has 3 rings (SSSR count). The molecular weight excluding hydrogens is 337 g/mol. The summed E-state index contributed by atoms with van der Waals surface area (Å²) in [4.78, 5) is 4.32. The third-order valence-corrected chi connectivity index (χ3v) is 3.60. The highest BCUT2D eigenvalue weighted by Crippen LogP contribution is 2.27. The van der Waals surface area contributed by atoms with Gasteiger partial charge in [-0.3, -0.25) is 0 Å². The molecule has 0 spiro atoms. The molecule has 0 aliphatic rings. The predicted molar refractivity (Wildman–Crippen MR) is 81.1 cm³/mol. The number of nitrogen functional groups attached to an aromatic ring is 1. The second kappa shape index (κ2) is 5.65. The van der Waals surface area contributed by atoms with Crippen LogP contribution in [0.2, 0.25) is 0 Å². The van der Waals surface area contributed by atoms with E-state index in [1.807, 2.05) is 24.3 Å². The van der Waals surface area contributed by atoms with Crippen molar-refractivity contribution in [1.82, 2.24) is 10.1 Å². The molecule has 0 unspecified atom stereocenters. The zero-order valence-electron chi connectivity index (χ0n) is 10.9. The number of anilines is 1. The average Bonchev–Trinajstić information content (AvgIpc) is 2.87. The number of rotatable bonds is 3. The first-order chi connectivity index (χ1) is 10.1. The molecule has 106 valence electrons. The van der Waals surface area contributed by atoms with Crippen molar-refractivity contribution in [1.29, 1.82) is 0 Å². The molecule has 0 amide bonds. The van der Waals surface area contributed by atoms with Crippen molar-refractivity contribution >= 4 is 21.6 Å². The van der Waals surface area contributed by atoms with Crippen LogP contribution in [-0.4, -0.2) is 10.1 Å². The Balaban J connectivity index is 1.86. The fraction of sp³-hybridized carbons (Fsp3) is 0.0667. The predicted octanol–water partition coefficient (Wildman–Crippen LogP) is 3.81. The van der Waals surface area contributed by atoms with Crippen molar-refractivity contribution in [3.05, 3.63) is 64.2 Å². The third kappa shape index (κ3) is 3.11. The Labute approximate surface area is 128 Å². The van der Waals surface area contributed by atoms with Gasteiger partial charge in [-0.15, -0.1) is 0 Å². The van der Waals surface area contributed by atoms with Gasteiger partial charge in [-0.05, 0) is 51.8 Å². The lowest BCUT2D eigenvalue weighted by atomic mass is 10.1. The van der Waals surface area contributed by atoms with E-state index in [0.717, 1.165) is 5.56 Å². The fourth-order valence-electron chi connectivity index (χ4n) is 1.98. The summed E-state index contributed by atoms with van der Waals surface area (Å²) >= 11 is 3.29. The zero-order valence-corrected chi connectivity index (χ0v) is 12.5. The molecule has 4 nitrogen and oxygen atoms in total. The Bertz CT molecular complexity index is 788. The maximum Gasteiger partial charge on any atom is 0.231 e. The minimum atomic E-state index is -0.325. The number of nitrogens with zero attached hydrogens (tertiary/aromatic N) is 2. The standard InChI is InChI=1S/C15H11BrFN3O/c16-13-8-10(17)4-5-12(13)15-19-14(21-20-15)7-9-2-1-3-11(18)6-9/h1-6,8H,7,18H2. The van der Waals surface area contributed by atoms with Crippen LogP contribution in [0.3, 0.4) is 0 Å². The van der Waals surface area contributed by atoms with Crippen LogP contribution in [0.1, 0.15) is 11.5 Å². The second-order valence-corrected chi connectivity index (χ2v) is 5.41. The number of halogens is 2. The molecule has 21 heavy (non-hydrogen) atoms. The van der Waals surface area contributed by atoms with E-state index >= 15 is 0 Å². The van der Waals surface area contributed by atoms with Crippen molar-refractivity contribution in [2.45, 2.75) is 6.42 Å². The molecule has 0 bridgehead atoms. The van der Waals surface area contributed by atoms with E-state index in [-0.39, 0.29) is 5.82 Å². The third-order valence-electron chi connectivity index (χ3n) is 2.95. The van der Waals surface area contributed by atoms with Crippen LogP contribution in [0.25, 0.3) is 11.4 Å². The smallest absolute Gasteiger partial charge is 0.231 e. The van der Waals surface area contributed by atoms with E-state index < -0.39 is 0 Å². The molecule has 0 atom stereocenters. The number of nitrogens with two attached hydrogens (primary N) is 1. The van der Waals surface area contributed by atoms with Gasteiger partial charge >= 0.3 is 0 Å². The lowest BCUT2D eigenvalue weighted by Crippen LogP contribution is -1.91. The minimum absolute atomic E-state index is 0.325.